The summed E-state index contributed by atoms with van der Waals surface area (Å²) in [7, 11) is 0. The van der Waals surface area contributed by atoms with Gasteiger partial charge in [-0.15, -0.1) is 0 Å². The molecule has 1 atom stereocenters. The smallest absolute Gasteiger partial charge is 0.123 e. The number of hydrogen-bond donors (Lipinski definition) is 0. The molecule has 0 radical (unpaired) electrons. The number of halogens is 1. The number of rotatable bonds is 4. The van der Waals surface area contributed by atoms with Gasteiger partial charge in [-0.1, -0.05) is 12.1 Å². The van der Waals surface area contributed by atoms with Crippen LogP contribution in [-0.4, -0.2) is 11.9 Å². The molecule has 0 aromatic heterocycles. The number of hydrogen-bond acceptors (Lipinski definition) is 4. The normalized spacial score (nSPS) is 12.1. The molecule has 0 aliphatic heterocycles. The van der Waals surface area contributed by atoms with Gasteiger partial charge in [-0.2, -0.15) is 0 Å². The Balaban J connectivity index is 2.94. The van der Waals surface area contributed by atoms with Crippen LogP contribution in [0, 0.1) is 5.82 Å². The number of carboxylic acid groups (broad SMARTS) is 2. The molecule has 0 unspecified atom stereocenters. The third-order valence-electron chi connectivity index (χ3n) is 1.93. The molecule has 0 fully saturated rings. The van der Waals surface area contributed by atoms with E-state index in [4.69, 9.17) is 0 Å². The van der Waals surface area contributed by atoms with Crippen LogP contribution in [0.3, 0.4) is 0 Å². The van der Waals surface area contributed by atoms with Crippen molar-refractivity contribution in [3.8, 4) is 0 Å². The lowest BCUT2D eigenvalue weighted by molar-refractivity contribution is -0.317. The largest absolute Gasteiger partial charge is 0.550 e. The number of aliphatic carboxylic acids is 2. The number of benzene rings is 1. The van der Waals surface area contributed by atoms with Gasteiger partial charge in [-0.3, -0.25) is 0 Å². The number of carbonyl (C=O) groups excluding carboxylic acids is 2. The molecule has 0 aliphatic carbocycles. The zero-order chi connectivity index (χ0) is 11.4. The molecule has 5 heteroatoms. The molecule has 0 amide bonds. The van der Waals surface area contributed by atoms with Crippen LogP contribution in [0.5, 0.6) is 0 Å². The molecule has 80 valence electrons. The fraction of sp³-hybridized carbons (Fsp3) is 0.200. The summed E-state index contributed by atoms with van der Waals surface area (Å²) in [5.41, 5.74) is 0.181. The molecule has 0 aliphatic rings. The second kappa shape index (κ2) is 4.54. The van der Waals surface area contributed by atoms with Gasteiger partial charge in [-0.05, 0) is 24.1 Å². The second-order valence-electron chi connectivity index (χ2n) is 3.00. The van der Waals surface area contributed by atoms with Crippen molar-refractivity contribution in [2.45, 2.75) is 12.3 Å². The molecule has 0 saturated carbocycles. The van der Waals surface area contributed by atoms with Crippen molar-refractivity contribution in [3.63, 3.8) is 0 Å². The maximum absolute atomic E-state index is 12.5. The molecule has 1 aromatic rings. The van der Waals surface area contributed by atoms with Gasteiger partial charge in [0, 0.05) is 17.9 Å². The molecule has 1 rings (SSSR count). The maximum atomic E-state index is 12.5. The molecular weight excluding hydrogens is 203 g/mol. The highest BCUT2D eigenvalue weighted by molar-refractivity contribution is 5.80. The van der Waals surface area contributed by atoms with E-state index < -0.39 is 30.1 Å². The standard InChI is InChI=1S/C10H9FO4/c11-7-3-1-6(2-4-7)8(10(14)15)5-9(12)13/h1-4,8H,5H2,(H,12,13)(H,14,15)/p-2/t8-/m0/s1. The van der Waals surface area contributed by atoms with Crippen LogP contribution in [0.25, 0.3) is 0 Å². The molecule has 1 aromatic carbocycles. The fourth-order valence-corrected chi connectivity index (χ4v) is 1.20. The summed E-state index contributed by atoms with van der Waals surface area (Å²) < 4.78 is 12.5. The van der Waals surface area contributed by atoms with Gasteiger partial charge in [0.05, 0.1) is 0 Å². The minimum Gasteiger partial charge on any atom is -0.550 e. The Kier molecular flexibility index (Phi) is 3.38. The molecule has 15 heavy (non-hydrogen) atoms. The van der Waals surface area contributed by atoms with Gasteiger partial charge in [0.25, 0.3) is 0 Å². The van der Waals surface area contributed by atoms with Crippen molar-refractivity contribution >= 4 is 11.9 Å². The lowest BCUT2D eigenvalue weighted by Crippen LogP contribution is -2.34. The van der Waals surface area contributed by atoms with Crippen LogP contribution in [0.15, 0.2) is 24.3 Å². The van der Waals surface area contributed by atoms with E-state index in [-0.39, 0.29) is 5.56 Å². The Morgan fingerprint density at radius 3 is 2.13 bits per heavy atom. The predicted octanol–water partition coefficient (Wildman–Crippen LogP) is -1.20. The minimum absolute atomic E-state index is 0.181. The highest BCUT2D eigenvalue weighted by Gasteiger charge is 2.13. The van der Waals surface area contributed by atoms with Crippen molar-refractivity contribution in [1.29, 1.82) is 0 Å². The Morgan fingerprint density at radius 1 is 1.20 bits per heavy atom. The SMILES string of the molecule is O=C([O-])C[C@H](C(=O)[O-])c1ccc(F)cc1. The highest BCUT2D eigenvalue weighted by Crippen LogP contribution is 2.18. The van der Waals surface area contributed by atoms with Crippen molar-refractivity contribution in [2.75, 3.05) is 0 Å². The fourth-order valence-electron chi connectivity index (χ4n) is 1.20. The Morgan fingerprint density at radius 2 is 1.73 bits per heavy atom. The Hall–Kier alpha value is -1.91. The predicted molar refractivity (Wildman–Crippen MR) is 43.8 cm³/mol. The van der Waals surface area contributed by atoms with Crippen LogP contribution in [0.2, 0.25) is 0 Å². The lowest BCUT2D eigenvalue weighted by atomic mass is 9.96. The van der Waals surface area contributed by atoms with Gasteiger partial charge in [-0.25, -0.2) is 4.39 Å². The topological polar surface area (TPSA) is 80.3 Å². The van der Waals surface area contributed by atoms with Gasteiger partial charge in [0.15, 0.2) is 0 Å². The zero-order valence-corrected chi connectivity index (χ0v) is 7.60. The van der Waals surface area contributed by atoms with Crippen molar-refractivity contribution in [2.24, 2.45) is 0 Å². The van der Waals surface area contributed by atoms with E-state index in [9.17, 15) is 24.2 Å². The van der Waals surface area contributed by atoms with Gasteiger partial charge < -0.3 is 19.8 Å². The van der Waals surface area contributed by atoms with Crippen molar-refractivity contribution in [3.05, 3.63) is 35.6 Å². The summed E-state index contributed by atoms with van der Waals surface area (Å²) in [4.78, 5) is 20.9. The first-order valence-electron chi connectivity index (χ1n) is 4.17. The van der Waals surface area contributed by atoms with E-state index in [0.717, 1.165) is 12.1 Å². The average molecular weight is 210 g/mol. The van der Waals surface area contributed by atoms with Gasteiger partial charge in [0.2, 0.25) is 0 Å². The first-order valence-corrected chi connectivity index (χ1v) is 4.17. The summed E-state index contributed by atoms with van der Waals surface area (Å²) in [5.74, 6) is -4.85. The Bertz CT molecular complexity index is 372. The highest BCUT2D eigenvalue weighted by atomic mass is 19.1. The molecule has 4 nitrogen and oxygen atoms in total. The summed E-state index contributed by atoms with van der Waals surface area (Å²) in [6.07, 6.45) is -0.687. The lowest BCUT2D eigenvalue weighted by Gasteiger charge is -2.18. The maximum Gasteiger partial charge on any atom is 0.123 e. The summed E-state index contributed by atoms with van der Waals surface area (Å²) in [6.45, 7) is 0. The Labute approximate surface area is 85.0 Å². The van der Waals surface area contributed by atoms with Crippen LogP contribution >= 0.6 is 0 Å². The van der Waals surface area contributed by atoms with Crippen molar-refractivity contribution < 1.29 is 24.2 Å². The average Bonchev–Trinajstić information content (AvgIpc) is 2.15. The second-order valence-corrected chi connectivity index (χ2v) is 3.00. The molecule has 0 heterocycles. The summed E-state index contributed by atoms with van der Waals surface area (Å²) >= 11 is 0. The third-order valence-corrected chi connectivity index (χ3v) is 1.93. The van der Waals surface area contributed by atoms with E-state index in [1.54, 1.807) is 0 Å². The minimum atomic E-state index is -1.52. The third kappa shape index (κ3) is 3.05. The number of carboxylic acids is 2. The first-order chi connectivity index (χ1) is 7.00. The molecule has 0 spiro atoms. The first kappa shape index (κ1) is 11.2. The van der Waals surface area contributed by atoms with Crippen molar-refractivity contribution in [1.82, 2.24) is 0 Å². The quantitative estimate of drug-likeness (QED) is 0.625. The van der Waals surface area contributed by atoms with E-state index in [2.05, 4.69) is 0 Å². The molecule has 0 N–H and O–H groups in total. The van der Waals surface area contributed by atoms with E-state index in [0.29, 0.717) is 0 Å². The van der Waals surface area contributed by atoms with Crippen LogP contribution in [-0.2, 0) is 9.59 Å². The molecular formula is C10H7FO4-2. The zero-order valence-electron chi connectivity index (χ0n) is 7.60. The summed E-state index contributed by atoms with van der Waals surface area (Å²) in [5, 5.41) is 20.9. The monoisotopic (exact) mass is 210 g/mol. The van der Waals surface area contributed by atoms with Crippen LogP contribution in [0.1, 0.15) is 17.9 Å². The van der Waals surface area contributed by atoms with Crippen LogP contribution < -0.4 is 10.2 Å². The van der Waals surface area contributed by atoms with E-state index in [1.807, 2.05) is 0 Å². The number of carbonyl (C=O) groups is 2. The van der Waals surface area contributed by atoms with Crippen LogP contribution in [0.4, 0.5) is 4.39 Å². The van der Waals surface area contributed by atoms with Gasteiger partial charge >= 0.3 is 0 Å². The van der Waals surface area contributed by atoms with E-state index >= 15 is 0 Å². The van der Waals surface area contributed by atoms with E-state index in [1.165, 1.54) is 12.1 Å². The molecule has 0 saturated heterocycles. The summed E-state index contributed by atoms with van der Waals surface area (Å²) in [6, 6.07) is 4.53. The van der Waals surface area contributed by atoms with Gasteiger partial charge in [0.1, 0.15) is 5.82 Å². The molecule has 0 bridgehead atoms.